The molecule has 1 rings (SSSR count). The smallest absolute Gasteiger partial charge is 0.243 e. The molecule has 0 unspecified atom stereocenters. The van der Waals surface area contributed by atoms with E-state index < -0.39 is 10.0 Å². The zero-order valence-electron chi connectivity index (χ0n) is 14.7. The monoisotopic (exact) mass is 377 g/mol. The van der Waals surface area contributed by atoms with Crippen molar-refractivity contribution < 1.29 is 13.2 Å². The number of sulfonamides is 1. The molecular formula is C16H28ClN3O3S. The van der Waals surface area contributed by atoms with Gasteiger partial charge in [0.2, 0.25) is 15.9 Å². The molecular weight excluding hydrogens is 350 g/mol. The summed E-state index contributed by atoms with van der Waals surface area (Å²) in [6.45, 7) is 4.87. The Morgan fingerprint density at radius 1 is 1.21 bits per heavy atom. The third-order valence-electron chi connectivity index (χ3n) is 3.65. The Kier molecular flexibility index (Phi) is 10.1. The number of rotatable bonds is 9. The molecule has 0 saturated carbocycles. The van der Waals surface area contributed by atoms with E-state index in [9.17, 15) is 13.2 Å². The number of hydrogen-bond donors (Lipinski definition) is 2. The second-order valence-electron chi connectivity index (χ2n) is 5.74. The first-order chi connectivity index (χ1) is 10.8. The maximum atomic E-state index is 12.3. The molecule has 138 valence electrons. The van der Waals surface area contributed by atoms with E-state index >= 15 is 0 Å². The molecule has 1 aromatic rings. The van der Waals surface area contributed by atoms with Crippen LogP contribution in [0.4, 0.5) is 0 Å². The fourth-order valence-corrected chi connectivity index (χ4v) is 3.31. The SMILES string of the molecule is CNCCCC(=O)NCc1ccc(S(=O)(=O)N(C)C(C)C)cc1.Cl. The van der Waals surface area contributed by atoms with Gasteiger partial charge < -0.3 is 10.6 Å². The maximum Gasteiger partial charge on any atom is 0.243 e. The standard InChI is InChI=1S/C16H27N3O3S.ClH/c1-13(2)19(4)23(21,22)15-9-7-14(8-10-15)12-18-16(20)6-5-11-17-3;/h7-10,13,17H,5-6,11-12H2,1-4H3,(H,18,20);1H. The minimum absolute atomic E-state index is 0. The molecule has 1 amide bonds. The summed E-state index contributed by atoms with van der Waals surface area (Å²) in [6, 6.07) is 6.52. The molecule has 0 radical (unpaired) electrons. The molecule has 0 aromatic heterocycles. The number of carbonyl (C=O) groups is 1. The molecule has 8 heteroatoms. The van der Waals surface area contributed by atoms with Crippen LogP contribution in [0.2, 0.25) is 0 Å². The van der Waals surface area contributed by atoms with Gasteiger partial charge in [0.1, 0.15) is 0 Å². The summed E-state index contributed by atoms with van der Waals surface area (Å²) >= 11 is 0. The number of amides is 1. The predicted molar refractivity (Wildman–Crippen MR) is 98.8 cm³/mol. The molecule has 0 aliphatic rings. The molecule has 0 saturated heterocycles. The van der Waals surface area contributed by atoms with Crippen LogP contribution in [0, 0.1) is 0 Å². The number of nitrogens with zero attached hydrogens (tertiary/aromatic N) is 1. The summed E-state index contributed by atoms with van der Waals surface area (Å²) < 4.78 is 26.0. The predicted octanol–water partition coefficient (Wildman–Crippen LogP) is 1.75. The number of carbonyl (C=O) groups excluding carboxylic acids is 1. The average Bonchev–Trinajstić information content (AvgIpc) is 2.52. The lowest BCUT2D eigenvalue weighted by Crippen LogP contribution is -2.33. The first-order valence-corrected chi connectivity index (χ1v) is 9.21. The second kappa shape index (κ2) is 10.7. The minimum Gasteiger partial charge on any atom is -0.352 e. The van der Waals surface area contributed by atoms with Crippen molar-refractivity contribution in [3.8, 4) is 0 Å². The second-order valence-corrected chi connectivity index (χ2v) is 7.74. The highest BCUT2D eigenvalue weighted by Gasteiger charge is 2.22. The Morgan fingerprint density at radius 2 is 1.79 bits per heavy atom. The van der Waals surface area contributed by atoms with Crippen LogP contribution in [-0.4, -0.2) is 45.3 Å². The van der Waals surface area contributed by atoms with Crippen molar-refractivity contribution in [2.75, 3.05) is 20.6 Å². The van der Waals surface area contributed by atoms with Crippen LogP contribution in [0.1, 0.15) is 32.3 Å². The van der Waals surface area contributed by atoms with Gasteiger partial charge in [0.25, 0.3) is 0 Å². The van der Waals surface area contributed by atoms with Crippen LogP contribution in [0.5, 0.6) is 0 Å². The third-order valence-corrected chi connectivity index (χ3v) is 5.70. The lowest BCUT2D eigenvalue weighted by molar-refractivity contribution is -0.121. The number of benzene rings is 1. The van der Waals surface area contributed by atoms with Crippen molar-refractivity contribution in [1.82, 2.24) is 14.9 Å². The molecule has 0 spiro atoms. The van der Waals surface area contributed by atoms with Crippen molar-refractivity contribution >= 4 is 28.3 Å². The van der Waals surface area contributed by atoms with Gasteiger partial charge in [-0.1, -0.05) is 12.1 Å². The van der Waals surface area contributed by atoms with Crippen molar-refractivity contribution in [2.24, 2.45) is 0 Å². The van der Waals surface area contributed by atoms with Crippen molar-refractivity contribution in [2.45, 2.75) is 44.2 Å². The molecule has 0 heterocycles. The van der Waals surface area contributed by atoms with Crippen molar-refractivity contribution in [3.05, 3.63) is 29.8 Å². The third kappa shape index (κ3) is 6.76. The molecule has 0 aliphatic heterocycles. The summed E-state index contributed by atoms with van der Waals surface area (Å²) in [5.41, 5.74) is 0.873. The molecule has 6 nitrogen and oxygen atoms in total. The average molecular weight is 378 g/mol. The summed E-state index contributed by atoms with van der Waals surface area (Å²) in [5.74, 6) is -0.00325. The Hall–Kier alpha value is -1.15. The van der Waals surface area contributed by atoms with Gasteiger partial charge in [-0.3, -0.25) is 4.79 Å². The highest BCUT2D eigenvalue weighted by Crippen LogP contribution is 2.17. The quantitative estimate of drug-likeness (QED) is 0.643. The van der Waals surface area contributed by atoms with Crippen LogP contribution in [0.15, 0.2) is 29.2 Å². The Bertz CT molecular complexity index is 603. The van der Waals surface area contributed by atoms with Gasteiger partial charge in [-0.2, -0.15) is 4.31 Å². The van der Waals surface area contributed by atoms with Crippen molar-refractivity contribution in [1.29, 1.82) is 0 Å². The van der Waals surface area contributed by atoms with Crippen LogP contribution in [0.25, 0.3) is 0 Å². The summed E-state index contributed by atoms with van der Waals surface area (Å²) in [5, 5.41) is 5.82. The van der Waals surface area contributed by atoms with Gasteiger partial charge in [0.15, 0.2) is 0 Å². The topological polar surface area (TPSA) is 78.5 Å². The van der Waals surface area contributed by atoms with Crippen LogP contribution < -0.4 is 10.6 Å². The summed E-state index contributed by atoms with van der Waals surface area (Å²) in [6.07, 6.45) is 1.27. The normalized spacial score (nSPS) is 11.4. The van der Waals surface area contributed by atoms with E-state index in [-0.39, 0.29) is 29.3 Å². The van der Waals surface area contributed by atoms with Crippen LogP contribution in [0.3, 0.4) is 0 Å². The Balaban J connectivity index is 0.00000529. The van der Waals surface area contributed by atoms with Crippen LogP contribution >= 0.6 is 12.4 Å². The first-order valence-electron chi connectivity index (χ1n) is 7.77. The van der Waals surface area contributed by atoms with Crippen molar-refractivity contribution in [3.63, 3.8) is 0 Å². The van der Waals surface area contributed by atoms with Gasteiger partial charge in [0, 0.05) is 26.1 Å². The summed E-state index contributed by atoms with van der Waals surface area (Å²) in [4.78, 5) is 11.9. The van der Waals surface area contributed by atoms with E-state index in [1.807, 2.05) is 20.9 Å². The first kappa shape index (κ1) is 22.9. The highest BCUT2D eigenvalue weighted by molar-refractivity contribution is 7.89. The lowest BCUT2D eigenvalue weighted by atomic mass is 10.2. The molecule has 0 bridgehead atoms. The van der Waals surface area contributed by atoms with E-state index in [2.05, 4.69) is 10.6 Å². The fourth-order valence-electron chi connectivity index (χ4n) is 1.94. The molecule has 0 atom stereocenters. The molecule has 0 fully saturated rings. The van der Waals surface area contributed by atoms with E-state index in [0.29, 0.717) is 13.0 Å². The van der Waals surface area contributed by atoms with E-state index in [1.165, 1.54) is 4.31 Å². The van der Waals surface area contributed by atoms with Gasteiger partial charge >= 0.3 is 0 Å². The summed E-state index contributed by atoms with van der Waals surface area (Å²) in [7, 11) is -0.0420. The van der Waals surface area contributed by atoms with E-state index in [1.54, 1.807) is 31.3 Å². The highest BCUT2D eigenvalue weighted by atomic mass is 35.5. The zero-order chi connectivity index (χ0) is 17.5. The van der Waals surface area contributed by atoms with Gasteiger partial charge in [-0.15, -0.1) is 12.4 Å². The van der Waals surface area contributed by atoms with Gasteiger partial charge in [-0.25, -0.2) is 8.42 Å². The number of halogens is 1. The Labute approximate surface area is 151 Å². The van der Waals surface area contributed by atoms with Gasteiger partial charge in [-0.05, 0) is 51.6 Å². The number of nitrogens with one attached hydrogen (secondary N) is 2. The molecule has 1 aromatic carbocycles. The van der Waals surface area contributed by atoms with Crippen LogP contribution in [-0.2, 0) is 21.4 Å². The molecule has 2 N–H and O–H groups in total. The maximum absolute atomic E-state index is 12.3. The Morgan fingerprint density at radius 3 is 2.29 bits per heavy atom. The van der Waals surface area contributed by atoms with E-state index in [0.717, 1.165) is 18.5 Å². The molecule has 24 heavy (non-hydrogen) atoms. The number of hydrogen-bond acceptors (Lipinski definition) is 4. The largest absolute Gasteiger partial charge is 0.352 e. The fraction of sp³-hybridized carbons (Fsp3) is 0.562. The molecule has 0 aliphatic carbocycles. The zero-order valence-corrected chi connectivity index (χ0v) is 16.3. The lowest BCUT2D eigenvalue weighted by Gasteiger charge is -2.21. The van der Waals surface area contributed by atoms with E-state index in [4.69, 9.17) is 0 Å². The van der Waals surface area contributed by atoms with Gasteiger partial charge in [0.05, 0.1) is 4.90 Å². The minimum atomic E-state index is -3.46.